The molecule has 1 aliphatic carbocycles. The van der Waals surface area contributed by atoms with Crippen LogP contribution in [0.25, 0.3) is 10.9 Å². The summed E-state index contributed by atoms with van der Waals surface area (Å²) in [6.07, 6.45) is 3.61. The number of fused-ring (bicyclic) bond motifs is 1. The first-order valence-corrected chi connectivity index (χ1v) is 12.2. The number of rotatable bonds is 6. The van der Waals surface area contributed by atoms with Gasteiger partial charge in [0.15, 0.2) is 0 Å². The van der Waals surface area contributed by atoms with Crippen LogP contribution in [0.2, 0.25) is 10.0 Å². The van der Waals surface area contributed by atoms with Crippen molar-refractivity contribution in [2.75, 3.05) is 13.2 Å². The zero-order chi connectivity index (χ0) is 24.0. The molecule has 3 aromatic rings. The monoisotopic (exact) mass is 500 g/mol. The van der Waals surface area contributed by atoms with Crippen molar-refractivity contribution in [2.24, 2.45) is 13.0 Å². The second kappa shape index (κ2) is 8.91. The van der Waals surface area contributed by atoms with Crippen LogP contribution in [0.1, 0.15) is 53.2 Å². The molecule has 0 bridgehead atoms. The van der Waals surface area contributed by atoms with Crippen molar-refractivity contribution in [3.8, 4) is 0 Å². The van der Waals surface area contributed by atoms with E-state index in [0.717, 1.165) is 41.3 Å². The number of nitrogens with one attached hydrogen (secondary N) is 1. The Balaban J connectivity index is 1.44. The Hall–Kier alpha value is -2.54. The molecule has 1 aliphatic heterocycles. The molecule has 2 unspecified atom stereocenters. The molecular formula is C26H26Cl2N2O4. The number of hydrogen-bond acceptors (Lipinski definition) is 3. The Labute approximate surface area is 207 Å². The molecule has 34 heavy (non-hydrogen) atoms. The number of aliphatic carboxylic acids is 1. The lowest BCUT2D eigenvalue weighted by molar-refractivity contribution is -0.141. The molecule has 2 fully saturated rings. The standard InChI is InChI=1S/C26H26Cl2N2O4/c1-30-20-10-9-19(27)23(28)18(20)13-21(30)24(31)29-26(11-12-34-14-26)17-7-5-16(6-8-17)22(25(32)33)15-3-2-4-15/h5-10,13,15,22H,2-4,11-12,14H2,1H3,(H,29,31)(H,32,33). The van der Waals surface area contributed by atoms with Gasteiger partial charge in [0.05, 0.1) is 28.1 Å². The van der Waals surface area contributed by atoms with E-state index in [1.54, 1.807) is 16.7 Å². The van der Waals surface area contributed by atoms with Crippen LogP contribution >= 0.6 is 23.2 Å². The number of carboxylic acids is 1. The zero-order valence-electron chi connectivity index (χ0n) is 18.8. The third-order valence-corrected chi connectivity index (χ3v) is 8.25. The normalized spacial score (nSPS) is 21.4. The van der Waals surface area contributed by atoms with E-state index in [1.165, 1.54) is 0 Å². The average Bonchev–Trinajstić information content (AvgIpc) is 3.39. The largest absolute Gasteiger partial charge is 0.481 e. The maximum absolute atomic E-state index is 13.4. The molecule has 6 nitrogen and oxygen atoms in total. The van der Waals surface area contributed by atoms with Crippen LogP contribution in [-0.2, 0) is 22.1 Å². The van der Waals surface area contributed by atoms with Crippen molar-refractivity contribution in [1.82, 2.24) is 9.88 Å². The number of carbonyl (C=O) groups is 2. The number of benzene rings is 2. The minimum absolute atomic E-state index is 0.193. The van der Waals surface area contributed by atoms with Gasteiger partial charge in [0.25, 0.3) is 5.91 Å². The first-order chi connectivity index (χ1) is 16.3. The molecule has 2 heterocycles. The lowest BCUT2D eigenvalue weighted by Gasteiger charge is -2.32. The number of amides is 1. The van der Waals surface area contributed by atoms with Gasteiger partial charge in [-0.3, -0.25) is 9.59 Å². The van der Waals surface area contributed by atoms with Crippen molar-refractivity contribution < 1.29 is 19.4 Å². The maximum Gasteiger partial charge on any atom is 0.311 e. The van der Waals surface area contributed by atoms with E-state index in [2.05, 4.69) is 5.32 Å². The van der Waals surface area contributed by atoms with Crippen LogP contribution in [0.3, 0.4) is 0 Å². The molecule has 5 rings (SSSR count). The Kier molecular flexibility index (Phi) is 6.09. The van der Waals surface area contributed by atoms with Crippen molar-refractivity contribution in [1.29, 1.82) is 0 Å². The first kappa shape index (κ1) is 23.2. The summed E-state index contributed by atoms with van der Waals surface area (Å²) in [6.45, 7) is 0.873. The van der Waals surface area contributed by atoms with Gasteiger partial charge < -0.3 is 19.7 Å². The number of ether oxygens (including phenoxy) is 1. The molecule has 1 aromatic heterocycles. The number of nitrogens with zero attached hydrogens (tertiary/aromatic N) is 1. The van der Waals surface area contributed by atoms with E-state index in [0.29, 0.717) is 35.4 Å². The van der Waals surface area contributed by atoms with Crippen LogP contribution in [0.4, 0.5) is 0 Å². The Morgan fingerprint density at radius 2 is 1.91 bits per heavy atom. The summed E-state index contributed by atoms with van der Waals surface area (Å²) in [7, 11) is 1.82. The molecule has 1 saturated heterocycles. The third-order valence-electron chi connectivity index (χ3n) is 7.43. The number of aromatic nitrogens is 1. The predicted octanol–water partition coefficient (Wildman–Crippen LogP) is 5.50. The molecule has 2 aliphatic rings. The van der Waals surface area contributed by atoms with E-state index in [9.17, 15) is 14.7 Å². The highest BCUT2D eigenvalue weighted by Gasteiger charge is 2.40. The second-order valence-electron chi connectivity index (χ2n) is 9.35. The van der Waals surface area contributed by atoms with Gasteiger partial charge in [-0.15, -0.1) is 0 Å². The summed E-state index contributed by atoms with van der Waals surface area (Å²) in [5.74, 6) is -1.31. The Morgan fingerprint density at radius 1 is 1.18 bits per heavy atom. The number of aryl methyl sites for hydroxylation is 1. The van der Waals surface area contributed by atoms with E-state index in [4.69, 9.17) is 27.9 Å². The molecule has 8 heteroatoms. The second-order valence-corrected chi connectivity index (χ2v) is 10.1. The van der Waals surface area contributed by atoms with Crippen LogP contribution in [0.5, 0.6) is 0 Å². The van der Waals surface area contributed by atoms with Crippen LogP contribution in [0, 0.1) is 5.92 Å². The van der Waals surface area contributed by atoms with Crippen molar-refractivity contribution in [3.63, 3.8) is 0 Å². The molecule has 0 spiro atoms. The molecule has 0 radical (unpaired) electrons. The van der Waals surface area contributed by atoms with Crippen LogP contribution in [-0.4, -0.2) is 34.8 Å². The maximum atomic E-state index is 13.4. The first-order valence-electron chi connectivity index (χ1n) is 11.5. The smallest absolute Gasteiger partial charge is 0.311 e. The molecule has 2 aromatic carbocycles. The molecule has 1 saturated carbocycles. The summed E-state index contributed by atoms with van der Waals surface area (Å²) in [4.78, 5) is 25.3. The predicted molar refractivity (Wildman–Crippen MR) is 132 cm³/mol. The molecule has 178 valence electrons. The molecule has 1 amide bonds. The van der Waals surface area contributed by atoms with Crippen molar-refractivity contribution in [3.05, 3.63) is 69.3 Å². The van der Waals surface area contributed by atoms with Gasteiger partial charge in [-0.1, -0.05) is 53.9 Å². The summed E-state index contributed by atoms with van der Waals surface area (Å²) < 4.78 is 7.50. The minimum atomic E-state index is -0.779. The zero-order valence-corrected chi connectivity index (χ0v) is 20.3. The summed E-state index contributed by atoms with van der Waals surface area (Å²) in [5, 5.41) is 14.5. The fourth-order valence-electron chi connectivity index (χ4n) is 5.21. The highest BCUT2D eigenvalue weighted by atomic mass is 35.5. The fraction of sp³-hybridized carbons (Fsp3) is 0.385. The molecular weight excluding hydrogens is 475 g/mol. The van der Waals surface area contributed by atoms with Gasteiger partial charge in [-0.25, -0.2) is 0 Å². The number of carbonyl (C=O) groups excluding carboxylic acids is 1. The Bertz CT molecular complexity index is 1260. The highest BCUT2D eigenvalue weighted by Crippen LogP contribution is 2.40. The number of halogens is 2. The number of hydrogen-bond donors (Lipinski definition) is 2. The summed E-state index contributed by atoms with van der Waals surface area (Å²) >= 11 is 12.5. The van der Waals surface area contributed by atoms with Crippen molar-refractivity contribution >= 4 is 46.0 Å². The van der Waals surface area contributed by atoms with Crippen LogP contribution < -0.4 is 5.32 Å². The minimum Gasteiger partial charge on any atom is -0.481 e. The topological polar surface area (TPSA) is 80.6 Å². The Morgan fingerprint density at radius 3 is 2.50 bits per heavy atom. The van der Waals surface area contributed by atoms with Gasteiger partial charge >= 0.3 is 5.97 Å². The van der Waals surface area contributed by atoms with Gasteiger partial charge in [0.2, 0.25) is 0 Å². The summed E-state index contributed by atoms with van der Waals surface area (Å²) in [5.41, 5.74) is 2.30. The SMILES string of the molecule is Cn1c(C(=O)NC2(c3ccc(C(C(=O)O)C4CCC4)cc3)CCOC2)cc2c(Cl)c(Cl)ccc21. The van der Waals surface area contributed by atoms with Gasteiger partial charge in [-0.2, -0.15) is 0 Å². The van der Waals surface area contributed by atoms with Gasteiger partial charge in [0.1, 0.15) is 5.69 Å². The van der Waals surface area contributed by atoms with E-state index in [1.807, 2.05) is 37.4 Å². The quantitative estimate of drug-likeness (QED) is 0.468. The van der Waals surface area contributed by atoms with Gasteiger partial charge in [0, 0.05) is 31.0 Å². The van der Waals surface area contributed by atoms with Crippen molar-refractivity contribution in [2.45, 2.75) is 37.1 Å². The average molecular weight is 501 g/mol. The summed E-state index contributed by atoms with van der Waals surface area (Å²) in [6, 6.07) is 12.9. The van der Waals surface area contributed by atoms with Crippen LogP contribution in [0.15, 0.2) is 42.5 Å². The number of carboxylic acid groups (broad SMARTS) is 1. The van der Waals surface area contributed by atoms with Gasteiger partial charge in [-0.05, 0) is 48.1 Å². The van der Waals surface area contributed by atoms with E-state index < -0.39 is 17.4 Å². The molecule has 2 N–H and O–H groups in total. The van der Waals surface area contributed by atoms with E-state index in [-0.39, 0.29) is 11.8 Å². The lowest BCUT2D eigenvalue weighted by Crippen LogP contribution is -2.47. The lowest BCUT2D eigenvalue weighted by atomic mass is 9.72. The fourth-order valence-corrected chi connectivity index (χ4v) is 5.59. The highest BCUT2D eigenvalue weighted by molar-refractivity contribution is 6.45. The molecule has 2 atom stereocenters. The van der Waals surface area contributed by atoms with E-state index >= 15 is 0 Å². The third kappa shape index (κ3) is 3.88.